The summed E-state index contributed by atoms with van der Waals surface area (Å²) in [5.74, 6) is -0.450. The maximum atomic E-state index is 13.9. The lowest BCUT2D eigenvalue weighted by Crippen LogP contribution is -2.10. The van der Waals surface area contributed by atoms with Crippen LogP contribution < -0.4 is 0 Å². The molecule has 0 aliphatic carbocycles. The monoisotopic (exact) mass is 283 g/mol. The van der Waals surface area contributed by atoms with E-state index in [1.165, 1.54) is 16.9 Å². The molecule has 3 aromatic rings. The largest absolute Gasteiger partial charge is 0.382 e. The van der Waals surface area contributed by atoms with E-state index < -0.39 is 11.9 Å². The Morgan fingerprint density at radius 3 is 2.67 bits per heavy atom. The number of para-hydroxylation sites is 1. The minimum atomic E-state index is -1.12. The predicted molar refractivity (Wildman–Crippen MR) is 76.6 cm³/mol. The number of aliphatic hydroxyl groups excluding tert-OH is 1. The van der Waals surface area contributed by atoms with Crippen molar-refractivity contribution in [3.8, 4) is 5.69 Å². The molecule has 0 aliphatic rings. The summed E-state index contributed by atoms with van der Waals surface area (Å²) >= 11 is 0. The second-order valence-corrected chi connectivity index (χ2v) is 4.83. The van der Waals surface area contributed by atoms with Crippen LogP contribution in [0.25, 0.3) is 5.69 Å². The fourth-order valence-electron chi connectivity index (χ4n) is 2.23. The molecule has 106 valence electrons. The number of benzene rings is 2. The molecule has 1 atom stereocenters. The Hall–Kier alpha value is -2.53. The average molecular weight is 283 g/mol. The summed E-state index contributed by atoms with van der Waals surface area (Å²) < 4.78 is 15.4. The molecule has 2 aromatic carbocycles. The number of nitrogens with zero attached hydrogens (tertiary/aromatic N) is 3. The van der Waals surface area contributed by atoms with E-state index in [-0.39, 0.29) is 5.56 Å². The molecule has 0 saturated carbocycles. The summed E-state index contributed by atoms with van der Waals surface area (Å²) in [6.07, 6.45) is 0.319. The van der Waals surface area contributed by atoms with Gasteiger partial charge < -0.3 is 5.11 Å². The molecule has 0 radical (unpaired) electrons. The van der Waals surface area contributed by atoms with Crippen LogP contribution in [0.15, 0.2) is 54.7 Å². The van der Waals surface area contributed by atoms with Crippen molar-refractivity contribution >= 4 is 0 Å². The maximum Gasteiger partial charge on any atom is 0.129 e. The quantitative estimate of drug-likeness (QED) is 0.804. The summed E-state index contributed by atoms with van der Waals surface area (Å²) in [6, 6.07) is 13.9. The van der Waals surface area contributed by atoms with Crippen molar-refractivity contribution in [2.24, 2.45) is 0 Å². The van der Waals surface area contributed by atoms with Gasteiger partial charge in [0.05, 0.1) is 17.6 Å². The van der Waals surface area contributed by atoms with Crippen LogP contribution in [0.1, 0.15) is 22.9 Å². The summed E-state index contributed by atoms with van der Waals surface area (Å²) in [5.41, 5.74) is 2.28. The Balaban J connectivity index is 2.06. The van der Waals surface area contributed by atoms with Crippen LogP contribution in [-0.2, 0) is 0 Å². The molecule has 1 aromatic heterocycles. The van der Waals surface area contributed by atoms with E-state index in [2.05, 4.69) is 10.3 Å². The molecule has 1 heterocycles. The normalized spacial score (nSPS) is 12.3. The van der Waals surface area contributed by atoms with Gasteiger partial charge in [-0.1, -0.05) is 41.1 Å². The van der Waals surface area contributed by atoms with E-state index in [9.17, 15) is 9.50 Å². The van der Waals surface area contributed by atoms with Crippen LogP contribution in [0.2, 0.25) is 0 Å². The maximum absolute atomic E-state index is 13.9. The average Bonchev–Trinajstić information content (AvgIpc) is 2.99. The lowest BCUT2D eigenvalue weighted by Gasteiger charge is -2.14. The first-order valence-electron chi connectivity index (χ1n) is 6.57. The van der Waals surface area contributed by atoms with Crippen LogP contribution in [0, 0.1) is 12.7 Å². The van der Waals surface area contributed by atoms with Gasteiger partial charge in [-0.15, -0.1) is 5.10 Å². The molecule has 1 N–H and O–H groups in total. The SMILES string of the molecule is Cc1ccc(F)c(C(O)c2cnnn2-c2ccccc2)c1. The van der Waals surface area contributed by atoms with Gasteiger partial charge in [0, 0.05) is 5.56 Å². The van der Waals surface area contributed by atoms with Gasteiger partial charge >= 0.3 is 0 Å². The number of hydrogen-bond acceptors (Lipinski definition) is 3. The van der Waals surface area contributed by atoms with Crippen molar-refractivity contribution in [2.75, 3.05) is 0 Å². The van der Waals surface area contributed by atoms with Crippen molar-refractivity contribution in [3.63, 3.8) is 0 Å². The third-order valence-electron chi connectivity index (χ3n) is 3.30. The van der Waals surface area contributed by atoms with Crippen LogP contribution in [-0.4, -0.2) is 20.1 Å². The fourth-order valence-corrected chi connectivity index (χ4v) is 2.23. The number of aryl methyl sites for hydroxylation is 1. The van der Waals surface area contributed by atoms with Gasteiger partial charge in [-0.2, -0.15) is 0 Å². The Morgan fingerprint density at radius 2 is 1.90 bits per heavy atom. The Kier molecular flexibility index (Phi) is 3.50. The molecular formula is C16H14FN3O. The molecule has 21 heavy (non-hydrogen) atoms. The van der Waals surface area contributed by atoms with Crippen molar-refractivity contribution < 1.29 is 9.50 Å². The van der Waals surface area contributed by atoms with Crippen molar-refractivity contribution in [2.45, 2.75) is 13.0 Å². The summed E-state index contributed by atoms with van der Waals surface area (Å²) in [4.78, 5) is 0. The van der Waals surface area contributed by atoms with Crippen molar-refractivity contribution in [1.82, 2.24) is 15.0 Å². The number of rotatable bonds is 3. The van der Waals surface area contributed by atoms with Crippen LogP contribution in [0.4, 0.5) is 4.39 Å². The molecule has 0 saturated heterocycles. The van der Waals surface area contributed by atoms with E-state index in [0.717, 1.165) is 11.3 Å². The van der Waals surface area contributed by atoms with E-state index in [1.54, 1.807) is 12.1 Å². The number of aromatic nitrogens is 3. The highest BCUT2D eigenvalue weighted by molar-refractivity contribution is 5.36. The standard InChI is InChI=1S/C16H14FN3O/c1-11-7-8-14(17)13(9-11)16(21)15-10-18-19-20(15)12-5-3-2-4-6-12/h2-10,16,21H,1H3. The molecule has 3 rings (SSSR count). The number of hydrogen-bond donors (Lipinski definition) is 1. The topological polar surface area (TPSA) is 50.9 Å². The first-order valence-corrected chi connectivity index (χ1v) is 6.57. The highest BCUT2D eigenvalue weighted by Gasteiger charge is 2.20. The highest BCUT2D eigenvalue weighted by atomic mass is 19.1. The Morgan fingerprint density at radius 1 is 1.14 bits per heavy atom. The van der Waals surface area contributed by atoms with Crippen molar-refractivity contribution in [1.29, 1.82) is 0 Å². The molecule has 0 aliphatic heterocycles. The van der Waals surface area contributed by atoms with E-state index in [4.69, 9.17) is 0 Å². The zero-order valence-electron chi connectivity index (χ0n) is 11.4. The van der Waals surface area contributed by atoms with Crippen LogP contribution in [0.3, 0.4) is 0 Å². The molecule has 1 unspecified atom stereocenters. The van der Waals surface area contributed by atoms with E-state index in [1.807, 2.05) is 37.3 Å². The molecule has 0 amide bonds. The van der Waals surface area contributed by atoms with Gasteiger partial charge in [0.25, 0.3) is 0 Å². The minimum absolute atomic E-state index is 0.217. The third kappa shape index (κ3) is 2.55. The summed E-state index contributed by atoms with van der Waals surface area (Å²) in [5, 5.41) is 18.3. The van der Waals surface area contributed by atoms with Gasteiger partial charge in [0.1, 0.15) is 11.9 Å². The molecule has 0 spiro atoms. The zero-order chi connectivity index (χ0) is 14.8. The van der Waals surface area contributed by atoms with Gasteiger partial charge in [0.15, 0.2) is 0 Å². The first-order chi connectivity index (χ1) is 10.2. The van der Waals surface area contributed by atoms with Gasteiger partial charge in [-0.25, -0.2) is 9.07 Å². The molecular weight excluding hydrogens is 269 g/mol. The number of aliphatic hydroxyl groups is 1. The third-order valence-corrected chi connectivity index (χ3v) is 3.30. The molecule has 4 nitrogen and oxygen atoms in total. The minimum Gasteiger partial charge on any atom is -0.382 e. The van der Waals surface area contributed by atoms with Gasteiger partial charge in [-0.3, -0.25) is 0 Å². The summed E-state index contributed by atoms with van der Waals surface area (Å²) in [7, 11) is 0. The second kappa shape index (κ2) is 5.46. The second-order valence-electron chi connectivity index (χ2n) is 4.83. The predicted octanol–water partition coefficient (Wildman–Crippen LogP) is 2.80. The van der Waals surface area contributed by atoms with Gasteiger partial charge in [0.2, 0.25) is 0 Å². The highest BCUT2D eigenvalue weighted by Crippen LogP contribution is 2.26. The fraction of sp³-hybridized carbons (Fsp3) is 0.125. The molecule has 0 bridgehead atoms. The van der Waals surface area contributed by atoms with Gasteiger partial charge in [-0.05, 0) is 25.1 Å². The molecule has 5 heteroatoms. The zero-order valence-corrected chi connectivity index (χ0v) is 11.4. The van der Waals surface area contributed by atoms with Crippen molar-refractivity contribution in [3.05, 3.63) is 77.4 Å². The van der Waals surface area contributed by atoms with Crippen LogP contribution >= 0.6 is 0 Å². The van der Waals surface area contributed by atoms with E-state index >= 15 is 0 Å². The number of halogens is 1. The Labute approximate surface area is 121 Å². The summed E-state index contributed by atoms with van der Waals surface area (Å²) in [6.45, 7) is 1.85. The lowest BCUT2D eigenvalue weighted by atomic mass is 10.0. The first kappa shape index (κ1) is 13.5. The lowest BCUT2D eigenvalue weighted by molar-refractivity contribution is 0.206. The van der Waals surface area contributed by atoms with Crippen LogP contribution in [0.5, 0.6) is 0 Å². The smallest absolute Gasteiger partial charge is 0.129 e. The molecule has 0 fully saturated rings. The Bertz CT molecular complexity index is 755. The van der Waals surface area contributed by atoms with E-state index in [0.29, 0.717) is 5.69 Å².